The normalized spacial score (nSPS) is 21.4. The van der Waals surface area contributed by atoms with Crippen molar-refractivity contribution in [3.8, 4) is 11.5 Å². The van der Waals surface area contributed by atoms with Crippen molar-refractivity contribution in [3.05, 3.63) is 83.7 Å². The Balaban J connectivity index is 1.35. The van der Waals surface area contributed by atoms with Crippen molar-refractivity contribution in [2.24, 2.45) is 5.92 Å². The molecule has 51 heavy (non-hydrogen) atoms. The molecule has 1 N–H and O–H groups in total. The number of carbonyl (C=O) groups excluding carboxylic acids is 2. The second kappa shape index (κ2) is 14.6. The highest BCUT2D eigenvalue weighted by molar-refractivity contribution is 5.97. The van der Waals surface area contributed by atoms with Gasteiger partial charge < -0.3 is 29.3 Å². The first-order valence-electron chi connectivity index (χ1n) is 16.9. The molecule has 15 heteroatoms. The molecule has 3 aliphatic rings. The summed E-state index contributed by atoms with van der Waals surface area (Å²) in [6, 6.07) is 10.9. The number of anilines is 1. The van der Waals surface area contributed by atoms with Crippen molar-refractivity contribution in [3.63, 3.8) is 0 Å². The highest BCUT2D eigenvalue weighted by Gasteiger charge is 2.57. The minimum Gasteiger partial charge on any atom is -0.489 e. The molecule has 1 aliphatic carbocycles. The van der Waals surface area contributed by atoms with E-state index in [4.69, 9.17) is 9.47 Å². The fourth-order valence-corrected chi connectivity index (χ4v) is 7.03. The number of pyridine rings is 1. The Hall–Kier alpha value is -4.53. The third kappa shape index (κ3) is 7.87. The van der Waals surface area contributed by atoms with Gasteiger partial charge in [0.1, 0.15) is 18.1 Å². The number of halogens is 6. The van der Waals surface area contributed by atoms with E-state index in [9.17, 15) is 41.0 Å². The zero-order valence-electron chi connectivity index (χ0n) is 27.6. The van der Waals surface area contributed by atoms with Crippen LogP contribution >= 0.6 is 0 Å². The number of benzene rings is 2. The summed E-state index contributed by atoms with van der Waals surface area (Å²) in [5.41, 5.74) is -3.76. The third-order valence-electron chi connectivity index (χ3n) is 9.70. The van der Waals surface area contributed by atoms with Crippen LogP contribution in [0.2, 0.25) is 0 Å². The predicted molar refractivity (Wildman–Crippen MR) is 173 cm³/mol. The number of piperazine rings is 1. The smallest absolute Gasteiger partial charge is 0.417 e. The van der Waals surface area contributed by atoms with E-state index in [1.54, 1.807) is 17.0 Å². The van der Waals surface area contributed by atoms with Crippen LogP contribution in [-0.4, -0.2) is 89.3 Å². The molecule has 9 nitrogen and oxygen atoms in total. The number of hydrogen-bond acceptors (Lipinski definition) is 7. The Morgan fingerprint density at radius 1 is 0.902 bits per heavy atom. The molecule has 2 amide bonds. The Labute approximate surface area is 290 Å². The Morgan fingerprint density at radius 2 is 1.61 bits per heavy atom. The number of hydrogen-bond donors (Lipinski definition) is 1. The molecule has 3 aromatic rings. The second-order valence-corrected chi connectivity index (χ2v) is 13.0. The number of para-hydroxylation sites is 2. The molecule has 2 saturated heterocycles. The van der Waals surface area contributed by atoms with Gasteiger partial charge in [0.25, 0.3) is 11.8 Å². The standard InChI is InChI=1S/C36H38F6N4O5/c37-35(38,39)25-8-10-26(11-9-25)51-34(33(49)45-18-16-44(17-19-45)29-4-1-2-5-30(29)50-21-20-47)13-3-15-46(31(34)22-24-6-7-24)32(48)27-23-43-14-12-28(27)36(40,41)42/h1-2,4-5,8-12,14,23-24,31,47H,3,6-7,13,15-22H2/t31-,34+/m1/s1. The van der Waals surface area contributed by atoms with E-state index in [0.717, 1.165) is 61.3 Å². The van der Waals surface area contributed by atoms with Gasteiger partial charge >= 0.3 is 12.4 Å². The molecule has 0 bridgehead atoms. The summed E-state index contributed by atoms with van der Waals surface area (Å²) in [7, 11) is 0. The van der Waals surface area contributed by atoms with Crippen molar-refractivity contribution in [1.82, 2.24) is 14.8 Å². The average Bonchev–Trinajstić information content (AvgIpc) is 3.95. The molecule has 0 radical (unpaired) electrons. The van der Waals surface area contributed by atoms with Crippen molar-refractivity contribution in [1.29, 1.82) is 0 Å². The van der Waals surface area contributed by atoms with Crippen LogP contribution in [0.15, 0.2) is 67.0 Å². The first-order valence-corrected chi connectivity index (χ1v) is 16.9. The van der Waals surface area contributed by atoms with Crippen LogP contribution in [0, 0.1) is 5.92 Å². The van der Waals surface area contributed by atoms with Crippen molar-refractivity contribution >= 4 is 17.5 Å². The Bertz CT molecular complexity index is 1690. The summed E-state index contributed by atoms with van der Waals surface area (Å²) >= 11 is 0. The number of aliphatic hydroxyl groups is 1. The lowest BCUT2D eigenvalue weighted by Gasteiger charge is -2.51. The number of piperidine rings is 1. The first kappa shape index (κ1) is 36.3. The first-order chi connectivity index (χ1) is 24.3. The maximum Gasteiger partial charge on any atom is 0.417 e. The van der Waals surface area contributed by atoms with Gasteiger partial charge in [-0.25, -0.2) is 0 Å². The van der Waals surface area contributed by atoms with Crippen LogP contribution < -0.4 is 14.4 Å². The topological polar surface area (TPSA) is 95.4 Å². The van der Waals surface area contributed by atoms with Crippen LogP contribution in [0.25, 0.3) is 0 Å². The highest BCUT2D eigenvalue weighted by atomic mass is 19.4. The molecule has 1 aromatic heterocycles. The molecule has 1 saturated carbocycles. The molecule has 2 atom stereocenters. The number of aliphatic hydroxyl groups excluding tert-OH is 1. The number of amides is 2. The number of ether oxygens (including phenoxy) is 2. The van der Waals surface area contributed by atoms with E-state index in [1.807, 2.05) is 17.0 Å². The minimum absolute atomic E-state index is 0.0302. The van der Waals surface area contributed by atoms with Gasteiger partial charge in [0.15, 0.2) is 0 Å². The van der Waals surface area contributed by atoms with Crippen LogP contribution in [0.1, 0.15) is 53.6 Å². The molecule has 3 fully saturated rings. The van der Waals surface area contributed by atoms with E-state index < -0.39 is 52.5 Å². The van der Waals surface area contributed by atoms with Gasteiger partial charge in [-0.15, -0.1) is 0 Å². The van der Waals surface area contributed by atoms with Gasteiger partial charge in [-0.2, -0.15) is 26.3 Å². The highest BCUT2D eigenvalue weighted by Crippen LogP contribution is 2.45. The molecule has 0 unspecified atom stereocenters. The SMILES string of the molecule is O=C(c1cnccc1C(F)(F)F)N1CCC[C@@](Oc2ccc(C(F)(F)F)cc2)(C(=O)N2CCN(c3ccccc3OCCO)CC2)[C@H]1CC1CC1. The van der Waals surface area contributed by atoms with E-state index in [2.05, 4.69) is 4.98 Å². The van der Waals surface area contributed by atoms with Crippen LogP contribution in [0.5, 0.6) is 11.5 Å². The van der Waals surface area contributed by atoms with Gasteiger partial charge in [0, 0.05) is 51.5 Å². The lowest BCUT2D eigenvalue weighted by atomic mass is 9.79. The number of nitrogens with zero attached hydrogens (tertiary/aromatic N) is 4. The van der Waals surface area contributed by atoms with Gasteiger partial charge in [0.05, 0.1) is 35.0 Å². The van der Waals surface area contributed by atoms with E-state index in [-0.39, 0.29) is 63.8 Å². The Morgan fingerprint density at radius 3 is 2.25 bits per heavy atom. The van der Waals surface area contributed by atoms with Crippen molar-refractivity contribution in [2.45, 2.75) is 56.1 Å². The zero-order chi connectivity index (χ0) is 36.4. The monoisotopic (exact) mass is 720 g/mol. The lowest BCUT2D eigenvalue weighted by Crippen LogP contribution is -2.69. The summed E-state index contributed by atoms with van der Waals surface area (Å²) in [4.78, 5) is 37.7. The average molecular weight is 721 g/mol. The van der Waals surface area contributed by atoms with Gasteiger partial charge in [-0.1, -0.05) is 25.0 Å². The number of aromatic nitrogens is 1. The lowest BCUT2D eigenvalue weighted by molar-refractivity contribution is -0.160. The number of rotatable bonds is 10. The van der Waals surface area contributed by atoms with Crippen LogP contribution in [-0.2, 0) is 17.1 Å². The van der Waals surface area contributed by atoms with Gasteiger partial charge in [-0.3, -0.25) is 14.6 Å². The van der Waals surface area contributed by atoms with Gasteiger partial charge in [0.2, 0.25) is 5.60 Å². The fraction of sp³-hybridized carbons (Fsp3) is 0.472. The molecular formula is C36H38F6N4O5. The molecule has 274 valence electrons. The number of likely N-dealkylation sites (tertiary alicyclic amines) is 1. The predicted octanol–water partition coefficient (Wildman–Crippen LogP) is 6.06. The summed E-state index contributed by atoms with van der Waals surface area (Å²) in [5, 5.41) is 9.25. The molecule has 0 spiro atoms. The number of carbonyl (C=O) groups is 2. The summed E-state index contributed by atoms with van der Waals surface area (Å²) in [6.45, 7) is 1.17. The van der Waals surface area contributed by atoms with Crippen LogP contribution in [0.4, 0.5) is 32.0 Å². The summed E-state index contributed by atoms with van der Waals surface area (Å²) in [6.07, 6.45) is -5.51. The Kier molecular flexibility index (Phi) is 10.4. The second-order valence-electron chi connectivity index (χ2n) is 13.0. The molecular weight excluding hydrogens is 682 g/mol. The van der Waals surface area contributed by atoms with E-state index in [0.29, 0.717) is 18.8 Å². The summed E-state index contributed by atoms with van der Waals surface area (Å²) in [5.74, 6) is -0.823. The quantitative estimate of drug-likeness (QED) is 0.255. The molecule has 2 aromatic carbocycles. The maximum atomic E-state index is 14.9. The van der Waals surface area contributed by atoms with Crippen LogP contribution in [0.3, 0.4) is 0 Å². The van der Waals surface area contributed by atoms with Crippen molar-refractivity contribution in [2.75, 3.05) is 50.8 Å². The fourth-order valence-electron chi connectivity index (χ4n) is 7.03. The van der Waals surface area contributed by atoms with Crippen molar-refractivity contribution < 1.29 is 50.5 Å². The van der Waals surface area contributed by atoms with E-state index >= 15 is 0 Å². The molecule has 2 aliphatic heterocycles. The van der Waals surface area contributed by atoms with E-state index in [1.165, 1.54) is 4.90 Å². The number of alkyl halides is 6. The minimum atomic E-state index is -4.85. The molecule has 3 heterocycles. The maximum absolute atomic E-state index is 14.9. The van der Waals surface area contributed by atoms with Gasteiger partial charge in [-0.05, 0) is 61.2 Å². The summed E-state index contributed by atoms with van der Waals surface area (Å²) < 4.78 is 94.8. The third-order valence-corrected chi connectivity index (χ3v) is 9.70. The zero-order valence-corrected chi connectivity index (χ0v) is 27.6. The molecule has 6 rings (SSSR count). The largest absolute Gasteiger partial charge is 0.489 e.